The largest absolute Gasteiger partial charge is 0.339 e. The zero-order valence-electron chi connectivity index (χ0n) is 10.7. The smallest absolute Gasteiger partial charge is 0.222 e. The molecular formula is C12H25ClN2O. The van der Waals surface area contributed by atoms with Crippen LogP contribution in [0, 0.1) is 5.92 Å². The lowest BCUT2D eigenvalue weighted by Crippen LogP contribution is -2.36. The van der Waals surface area contributed by atoms with Crippen LogP contribution in [0.15, 0.2) is 0 Å². The second kappa shape index (κ2) is 7.91. The van der Waals surface area contributed by atoms with Crippen molar-refractivity contribution in [2.75, 3.05) is 20.1 Å². The average molecular weight is 249 g/mol. The van der Waals surface area contributed by atoms with E-state index in [1.54, 1.807) is 0 Å². The van der Waals surface area contributed by atoms with Gasteiger partial charge in [0, 0.05) is 19.0 Å². The highest BCUT2D eigenvalue weighted by Crippen LogP contribution is 2.28. The number of carbonyl (C=O) groups excluding carboxylic acids is 1. The molecular weight excluding hydrogens is 224 g/mol. The molecule has 0 spiro atoms. The van der Waals surface area contributed by atoms with E-state index < -0.39 is 0 Å². The molecule has 1 saturated carbocycles. The molecule has 0 atom stereocenters. The highest BCUT2D eigenvalue weighted by molar-refractivity contribution is 5.85. The second-order valence-electron chi connectivity index (χ2n) is 4.88. The van der Waals surface area contributed by atoms with E-state index in [2.05, 4.69) is 24.1 Å². The first-order chi connectivity index (χ1) is 7.15. The lowest BCUT2D eigenvalue weighted by molar-refractivity contribution is -0.132. The van der Waals surface area contributed by atoms with Gasteiger partial charge in [-0.05, 0) is 38.8 Å². The molecule has 96 valence electrons. The van der Waals surface area contributed by atoms with Crippen molar-refractivity contribution in [2.45, 2.75) is 45.6 Å². The third-order valence-electron chi connectivity index (χ3n) is 2.69. The molecule has 3 nitrogen and oxygen atoms in total. The molecule has 1 fully saturated rings. The van der Waals surface area contributed by atoms with E-state index in [0.29, 0.717) is 24.3 Å². The van der Waals surface area contributed by atoms with Crippen LogP contribution in [0.3, 0.4) is 0 Å². The zero-order valence-corrected chi connectivity index (χ0v) is 11.5. The van der Waals surface area contributed by atoms with Gasteiger partial charge in [-0.2, -0.15) is 0 Å². The molecule has 1 aliphatic rings. The van der Waals surface area contributed by atoms with Crippen molar-refractivity contribution in [3.8, 4) is 0 Å². The van der Waals surface area contributed by atoms with Gasteiger partial charge >= 0.3 is 0 Å². The monoisotopic (exact) mass is 248 g/mol. The van der Waals surface area contributed by atoms with E-state index in [1.165, 1.54) is 12.8 Å². The Morgan fingerprint density at radius 3 is 2.50 bits per heavy atom. The Balaban J connectivity index is 0.00000225. The van der Waals surface area contributed by atoms with Gasteiger partial charge in [-0.15, -0.1) is 12.4 Å². The quantitative estimate of drug-likeness (QED) is 0.700. The average Bonchev–Trinajstić information content (AvgIpc) is 2.97. The maximum absolute atomic E-state index is 11.9. The van der Waals surface area contributed by atoms with Crippen molar-refractivity contribution >= 4 is 18.3 Å². The van der Waals surface area contributed by atoms with Crippen molar-refractivity contribution < 1.29 is 4.79 Å². The number of halogens is 1. The zero-order chi connectivity index (χ0) is 11.3. The maximum atomic E-state index is 11.9. The molecule has 0 aromatic rings. The summed E-state index contributed by atoms with van der Waals surface area (Å²) >= 11 is 0. The highest BCUT2D eigenvalue weighted by atomic mass is 35.5. The fraction of sp³-hybridized carbons (Fsp3) is 0.917. The summed E-state index contributed by atoms with van der Waals surface area (Å²) in [5, 5.41) is 3.08. The third-order valence-corrected chi connectivity index (χ3v) is 2.69. The normalized spacial score (nSPS) is 14.8. The number of amides is 1. The van der Waals surface area contributed by atoms with Crippen molar-refractivity contribution in [1.29, 1.82) is 0 Å². The van der Waals surface area contributed by atoms with Gasteiger partial charge in [-0.25, -0.2) is 0 Å². The second-order valence-corrected chi connectivity index (χ2v) is 4.88. The third kappa shape index (κ3) is 5.71. The molecule has 16 heavy (non-hydrogen) atoms. The van der Waals surface area contributed by atoms with Crippen LogP contribution in [-0.2, 0) is 4.79 Å². The number of hydrogen-bond donors (Lipinski definition) is 1. The van der Waals surface area contributed by atoms with Gasteiger partial charge in [0.2, 0.25) is 5.91 Å². The molecule has 0 radical (unpaired) electrons. The molecule has 1 amide bonds. The Morgan fingerprint density at radius 1 is 1.44 bits per heavy atom. The molecule has 0 aromatic carbocycles. The summed E-state index contributed by atoms with van der Waals surface area (Å²) in [7, 11) is 1.93. The Morgan fingerprint density at radius 2 is 2.06 bits per heavy atom. The molecule has 1 rings (SSSR count). The topological polar surface area (TPSA) is 32.3 Å². The summed E-state index contributed by atoms with van der Waals surface area (Å²) < 4.78 is 0. The molecule has 0 heterocycles. The Labute approximate surface area is 105 Å². The van der Waals surface area contributed by atoms with Gasteiger partial charge in [0.25, 0.3) is 0 Å². The van der Waals surface area contributed by atoms with E-state index in [0.717, 1.165) is 19.5 Å². The molecule has 0 aromatic heterocycles. The molecule has 1 aliphatic carbocycles. The Kier molecular flexibility index (Phi) is 7.77. The first-order valence-corrected chi connectivity index (χ1v) is 6.09. The van der Waals surface area contributed by atoms with Crippen LogP contribution in [0.1, 0.15) is 39.5 Å². The van der Waals surface area contributed by atoms with E-state index in [9.17, 15) is 4.79 Å². The van der Waals surface area contributed by atoms with Crippen LogP contribution in [-0.4, -0.2) is 37.0 Å². The van der Waals surface area contributed by atoms with Crippen LogP contribution >= 0.6 is 12.4 Å². The summed E-state index contributed by atoms with van der Waals surface area (Å²) in [4.78, 5) is 14.0. The minimum atomic E-state index is 0. The standard InChI is InChI=1S/C12H24N2O.ClH/c1-10(2)9-14(11-6-7-11)12(15)5-4-8-13-3;/h10-11,13H,4-9H2,1-3H3;1H. The van der Waals surface area contributed by atoms with Gasteiger partial charge in [-0.3, -0.25) is 4.79 Å². The predicted molar refractivity (Wildman–Crippen MR) is 70.0 cm³/mol. The number of hydrogen-bond acceptors (Lipinski definition) is 2. The fourth-order valence-corrected chi connectivity index (χ4v) is 1.79. The number of nitrogens with zero attached hydrogens (tertiary/aromatic N) is 1. The number of carbonyl (C=O) groups is 1. The van der Waals surface area contributed by atoms with Crippen LogP contribution < -0.4 is 5.32 Å². The molecule has 0 saturated heterocycles. The highest BCUT2D eigenvalue weighted by Gasteiger charge is 2.32. The first kappa shape index (κ1) is 15.7. The van der Waals surface area contributed by atoms with Crippen molar-refractivity contribution in [3.05, 3.63) is 0 Å². The van der Waals surface area contributed by atoms with Crippen LogP contribution in [0.5, 0.6) is 0 Å². The minimum absolute atomic E-state index is 0. The molecule has 4 heteroatoms. The number of nitrogens with one attached hydrogen (secondary N) is 1. The first-order valence-electron chi connectivity index (χ1n) is 6.09. The van der Waals surface area contributed by atoms with Crippen LogP contribution in [0.2, 0.25) is 0 Å². The van der Waals surface area contributed by atoms with E-state index in [-0.39, 0.29) is 12.4 Å². The molecule has 0 bridgehead atoms. The van der Waals surface area contributed by atoms with Gasteiger partial charge < -0.3 is 10.2 Å². The summed E-state index contributed by atoms with van der Waals surface area (Å²) in [6.45, 7) is 6.22. The van der Waals surface area contributed by atoms with Gasteiger partial charge in [0.15, 0.2) is 0 Å². The van der Waals surface area contributed by atoms with E-state index in [1.807, 2.05) is 7.05 Å². The number of rotatable bonds is 7. The summed E-state index contributed by atoms with van der Waals surface area (Å²) in [6.07, 6.45) is 4.08. The summed E-state index contributed by atoms with van der Waals surface area (Å²) in [6, 6.07) is 0.564. The van der Waals surface area contributed by atoms with Gasteiger partial charge in [0.05, 0.1) is 0 Å². The van der Waals surface area contributed by atoms with Gasteiger partial charge in [0.1, 0.15) is 0 Å². The van der Waals surface area contributed by atoms with Crippen molar-refractivity contribution in [3.63, 3.8) is 0 Å². The predicted octanol–water partition coefficient (Wildman–Crippen LogP) is 2.05. The summed E-state index contributed by atoms with van der Waals surface area (Å²) in [5.41, 5.74) is 0. The molecule has 0 aliphatic heterocycles. The van der Waals surface area contributed by atoms with Crippen molar-refractivity contribution in [2.24, 2.45) is 5.92 Å². The van der Waals surface area contributed by atoms with Crippen molar-refractivity contribution in [1.82, 2.24) is 10.2 Å². The van der Waals surface area contributed by atoms with Crippen LogP contribution in [0.4, 0.5) is 0 Å². The van der Waals surface area contributed by atoms with Gasteiger partial charge in [-0.1, -0.05) is 13.8 Å². The van der Waals surface area contributed by atoms with E-state index in [4.69, 9.17) is 0 Å². The van der Waals surface area contributed by atoms with Crippen LogP contribution in [0.25, 0.3) is 0 Å². The summed E-state index contributed by atoms with van der Waals surface area (Å²) in [5.74, 6) is 0.931. The maximum Gasteiger partial charge on any atom is 0.222 e. The molecule has 0 unspecified atom stereocenters. The Bertz CT molecular complexity index is 205. The molecule has 1 N–H and O–H groups in total. The lowest BCUT2D eigenvalue weighted by Gasteiger charge is -2.24. The Hall–Kier alpha value is -0.280. The fourth-order valence-electron chi connectivity index (χ4n) is 1.79. The SMILES string of the molecule is CNCCCC(=O)N(CC(C)C)C1CC1.Cl. The van der Waals surface area contributed by atoms with E-state index >= 15 is 0 Å². The lowest BCUT2D eigenvalue weighted by atomic mass is 10.2. The minimum Gasteiger partial charge on any atom is -0.339 e.